The van der Waals surface area contributed by atoms with Crippen molar-refractivity contribution in [2.24, 2.45) is 0 Å². The van der Waals surface area contributed by atoms with Crippen LogP contribution in [0.1, 0.15) is 33.1 Å². The van der Waals surface area contributed by atoms with E-state index in [-0.39, 0.29) is 12.3 Å². The number of rotatable bonds is 9. The number of amides is 1. The molecule has 0 rings (SSSR count). The molecule has 0 saturated carbocycles. The fourth-order valence-corrected chi connectivity index (χ4v) is 1.64. The van der Waals surface area contributed by atoms with E-state index in [0.29, 0.717) is 13.0 Å². The molecule has 100 valence electrons. The molecule has 0 heterocycles. The van der Waals surface area contributed by atoms with Gasteiger partial charge in [-0.05, 0) is 40.3 Å². The minimum atomic E-state index is -0.758. The molecule has 5 heteroatoms. The van der Waals surface area contributed by atoms with Crippen molar-refractivity contribution in [2.45, 2.75) is 33.1 Å². The van der Waals surface area contributed by atoms with E-state index in [1.54, 1.807) is 4.90 Å². The molecule has 17 heavy (non-hydrogen) atoms. The molecule has 0 radical (unpaired) electrons. The number of hydrogen-bond acceptors (Lipinski definition) is 3. The molecule has 1 N–H and O–H groups in total. The van der Waals surface area contributed by atoms with Crippen molar-refractivity contribution < 1.29 is 14.7 Å². The van der Waals surface area contributed by atoms with E-state index < -0.39 is 5.97 Å². The minimum Gasteiger partial charge on any atom is -0.481 e. The van der Waals surface area contributed by atoms with Gasteiger partial charge in [0.2, 0.25) is 5.91 Å². The number of carboxylic acid groups (broad SMARTS) is 1. The summed E-state index contributed by atoms with van der Waals surface area (Å²) in [5.41, 5.74) is 0. The second-order valence-corrected chi connectivity index (χ2v) is 4.15. The Hall–Kier alpha value is -1.10. The number of carbonyl (C=O) groups excluding carboxylic acids is 1. The van der Waals surface area contributed by atoms with Gasteiger partial charge in [-0.25, -0.2) is 0 Å². The molecule has 0 saturated heterocycles. The predicted molar refractivity (Wildman–Crippen MR) is 66.9 cm³/mol. The van der Waals surface area contributed by atoms with Gasteiger partial charge in [0.25, 0.3) is 0 Å². The summed E-state index contributed by atoms with van der Waals surface area (Å²) in [6.45, 7) is 6.59. The average Bonchev–Trinajstić information content (AvgIpc) is 2.25. The molecule has 0 unspecified atom stereocenters. The van der Waals surface area contributed by atoms with Crippen LogP contribution in [-0.2, 0) is 9.59 Å². The molecule has 0 aliphatic heterocycles. The van der Waals surface area contributed by atoms with Crippen molar-refractivity contribution >= 4 is 11.9 Å². The third-order valence-corrected chi connectivity index (χ3v) is 2.70. The lowest BCUT2D eigenvalue weighted by Crippen LogP contribution is -2.39. The first kappa shape index (κ1) is 15.9. The third kappa shape index (κ3) is 7.74. The van der Waals surface area contributed by atoms with Crippen LogP contribution in [0.4, 0.5) is 0 Å². The maximum Gasteiger partial charge on any atom is 0.303 e. The van der Waals surface area contributed by atoms with Crippen LogP contribution >= 0.6 is 0 Å². The molecule has 0 spiro atoms. The van der Waals surface area contributed by atoms with Crippen LogP contribution in [0.25, 0.3) is 0 Å². The standard InChI is InChI=1S/C12H24N2O3/c1-4-14(5-2)11(15)10-13(3)9-7-6-8-12(16)17/h4-10H2,1-3H3,(H,16,17). The van der Waals surface area contributed by atoms with Gasteiger partial charge in [-0.15, -0.1) is 0 Å². The summed E-state index contributed by atoms with van der Waals surface area (Å²) in [7, 11) is 1.89. The van der Waals surface area contributed by atoms with Gasteiger partial charge in [-0.2, -0.15) is 0 Å². The molecular weight excluding hydrogens is 220 g/mol. The van der Waals surface area contributed by atoms with Crippen LogP contribution in [0.15, 0.2) is 0 Å². The van der Waals surface area contributed by atoms with Gasteiger partial charge in [-0.3, -0.25) is 14.5 Å². The van der Waals surface area contributed by atoms with E-state index in [1.165, 1.54) is 0 Å². The summed E-state index contributed by atoms with van der Waals surface area (Å²) in [5, 5.41) is 8.49. The Kier molecular flexibility index (Phi) is 8.40. The van der Waals surface area contributed by atoms with Crippen LogP contribution < -0.4 is 0 Å². The summed E-state index contributed by atoms with van der Waals surface area (Å²) < 4.78 is 0. The van der Waals surface area contributed by atoms with Crippen molar-refractivity contribution in [2.75, 3.05) is 33.2 Å². The first-order valence-corrected chi connectivity index (χ1v) is 6.19. The quantitative estimate of drug-likeness (QED) is 0.616. The lowest BCUT2D eigenvalue weighted by molar-refractivity contribution is -0.137. The van der Waals surface area contributed by atoms with Gasteiger partial charge in [0, 0.05) is 19.5 Å². The number of aliphatic carboxylic acids is 1. The molecular formula is C12H24N2O3. The van der Waals surface area contributed by atoms with Gasteiger partial charge in [-0.1, -0.05) is 0 Å². The number of likely N-dealkylation sites (N-methyl/N-ethyl adjacent to an activating group) is 2. The Morgan fingerprint density at radius 2 is 1.71 bits per heavy atom. The average molecular weight is 244 g/mol. The normalized spacial score (nSPS) is 10.6. The maximum absolute atomic E-state index is 11.7. The van der Waals surface area contributed by atoms with Crippen LogP contribution in [0, 0.1) is 0 Å². The highest BCUT2D eigenvalue weighted by atomic mass is 16.4. The smallest absolute Gasteiger partial charge is 0.303 e. The fraction of sp³-hybridized carbons (Fsp3) is 0.833. The highest BCUT2D eigenvalue weighted by Crippen LogP contribution is 1.98. The zero-order valence-corrected chi connectivity index (χ0v) is 11.1. The monoisotopic (exact) mass is 244 g/mol. The number of carboxylic acids is 1. The summed E-state index contributed by atoms with van der Waals surface area (Å²) in [6.07, 6.45) is 1.69. The van der Waals surface area contributed by atoms with Gasteiger partial charge >= 0.3 is 5.97 Å². The van der Waals surface area contributed by atoms with Crippen molar-refractivity contribution in [3.8, 4) is 0 Å². The molecule has 5 nitrogen and oxygen atoms in total. The second-order valence-electron chi connectivity index (χ2n) is 4.15. The van der Waals surface area contributed by atoms with Crippen molar-refractivity contribution in [1.82, 2.24) is 9.80 Å². The van der Waals surface area contributed by atoms with Gasteiger partial charge in [0.1, 0.15) is 0 Å². The van der Waals surface area contributed by atoms with E-state index in [4.69, 9.17) is 5.11 Å². The molecule has 0 atom stereocenters. The van der Waals surface area contributed by atoms with E-state index in [2.05, 4.69) is 0 Å². The highest BCUT2D eigenvalue weighted by Gasteiger charge is 2.11. The third-order valence-electron chi connectivity index (χ3n) is 2.70. The Balaban J connectivity index is 3.74. The fourth-order valence-electron chi connectivity index (χ4n) is 1.64. The van der Waals surface area contributed by atoms with Gasteiger partial charge in [0.05, 0.1) is 6.54 Å². The summed E-state index contributed by atoms with van der Waals surface area (Å²) in [6, 6.07) is 0. The maximum atomic E-state index is 11.7. The summed E-state index contributed by atoms with van der Waals surface area (Å²) in [4.78, 5) is 25.8. The first-order valence-electron chi connectivity index (χ1n) is 6.19. The molecule has 0 fully saturated rings. The molecule has 0 bridgehead atoms. The number of nitrogens with zero attached hydrogens (tertiary/aromatic N) is 2. The van der Waals surface area contributed by atoms with Crippen molar-refractivity contribution in [3.63, 3.8) is 0 Å². The van der Waals surface area contributed by atoms with Crippen LogP contribution in [0.2, 0.25) is 0 Å². The zero-order valence-electron chi connectivity index (χ0n) is 11.1. The van der Waals surface area contributed by atoms with E-state index in [0.717, 1.165) is 26.1 Å². The van der Waals surface area contributed by atoms with Crippen molar-refractivity contribution in [1.29, 1.82) is 0 Å². The molecule has 0 aromatic carbocycles. The predicted octanol–water partition coefficient (Wildman–Crippen LogP) is 1.04. The van der Waals surface area contributed by atoms with Gasteiger partial charge < -0.3 is 10.0 Å². The number of carbonyl (C=O) groups is 2. The van der Waals surface area contributed by atoms with E-state index in [9.17, 15) is 9.59 Å². The van der Waals surface area contributed by atoms with E-state index >= 15 is 0 Å². The molecule has 0 aromatic heterocycles. The van der Waals surface area contributed by atoms with Crippen LogP contribution in [-0.4, -0.2) is 60.0 Å². The SMILES string of the molecule is CCN(CC)C(=O)CN(C)CCCCC(=O)O. The van der Waals surface area contributed by atoms with Crippen molar-refractivity contribution in [3.05, 3.63) is 0 Å². The highest BCUT2D eigenvalue weighted by molar-refractivity contribution is 5.78. The van der Waals surface area contributed by atoms with Gasteiger partial charge in [0.15, 0.2) is 0 Å². The van der Waals surface area contributed by atoms with E-state index in [1.807, 2.05) is 25.8 Å². The van der Waals surface area contributed by atoms with Crippen LogP contribution in [0.3, 0.4) is 0 Å². The molecule has 1 amide bonds. The Labute approximate surface area is 103 Å². The second kappa shape index (κ2) is 8.98. The Morgan fingerprint density at radius 3 is 2.18 bits per heavy atom. The molecule has 0 aromatic rings. The summed E-state index contributed by atoms with van der Waals surface area (Å²) >= 11 is 0. The zero-order chi connectivity index (χ0) is 13.3. The number of hydrogen-bond donors (Lipinski definition) is 1. The lowest BCUT2D eigenvalue weighted by atomic mass is 10.2. The largest absolute Gasteiger partial charge is 0.481 e. The Morgan fingerprint density at radius 1 is 1.12 bits per heavy atom. The Bertz CT molecular complexity index is 240. The van der Waals surface area contributed by atoms with Crippen LogP contribution in [0.5, 0.6) is 0 Å². The molecule has 0 aliphatic carbocycles. The first-order chi connectivity index (χ1) is 8.01. The topological polar surface area (TPSA) is 60.9 Å². The molecule has 0 aliphatic rings. The lowest BCUT2D eigenvalue weighted by Gasteiger charge is -2.22. The number of unbranched alkanes of at least 4 members (excludes halogenated alkanes) is 1. The summed E-state index contributed by atoms with van der Waals surface area (Å²) in [5.74, 6) is -0.623. The minimum absolute atomic E-state index is 0.135.